The molecule has 0 heterocycles. The summed E-state index contributed by atoms with van der Waals surface area (Å²) >= 11 is 0. The predicted molar refractivity (Wildman–Crippen MR) is 122 cm³/mol. The van der Waals surface area contributed by atoms with Gasteiger partial charge in [-0.15, -0.1) is 0 Å². The second-order valence-electron chi connectivity index (χ2n) is 6.88. The van der Waals surface area contributed by atoms with Crippen LogP contribution in [0, 0.1) is 5.41 Å². The maximum absolute atomic E-state index is 13.2. The molecule has 6 heteroatoms. The van der Waals surface area contributed by atoms with Gasteiger partial charge in [0, 0.05) is 6.42 Å². The van der Waals surface area contributed by atoms with Crippen molar-refractivity contribution in [2.24, 2.45) is 5.41 Å². The Kier molecular flexibility index (Phi) is 9.42. The van der Waals surface area contributed by atoms with E-state index in [1.165, 1.54) is 0 Å². The Morgan fingerprint density at radius 1 is 0.938 bits per heavy atom. The quantitative estimate of drug-likeness (QED) is 0.215. The van der Waals surface area contributed by atoms with Crippen molar-refractivity contribution in [3.8, 4) is 5.75 Å². The molecule has 0 fully saturated rings. The van der Waals surface area contributed by atoms with E-state index < -0.39 is 17.4 Å². The molecule has 168 valence electrons. The maximum atomic E-state index is 13.2. The Bertz CT molecular complexity index is 943. The molecule has 6 nitrogen and oxygen atoms in total. The number of para-hydroxylation sites is 1. The molecule has 0 radical (unpaired) electrons. The second kappa shape index (κ2) is 12.2. The second-order valence-corrected chi connectivity index (χ2v) is 6.88. The summed E-state index contributed by atoms with van der Waals surface area (Å²) < 4.78 is 16.1. The highest BCUT2D eigenvalue weighted by atomic mass is 16.6. The highest BCUT2D eigenvalue weighted by Crippen LogP contribution is 2.38. The zero-order valence-corrected chi connectivity index (χ0v) is 18.4. The van der Waals surface area contributed by atoms with E-state index in [0.29, 0.717) is 17.6 Å². The van der Waals surface area contributed by atoms with Crippen LogP contribution in [0.25, 0.3) is 6.08 Å². The minimum atomic E-state index is -1.82. The summed E-state index contributed by atoms with van der Waals surface area (Å²) in [5, 5.41) is 0. The van der Waals surface area contributed by atoms with Gasteiger partial charge in [-0.3, -0.25) is 14.4 Å². The van der Waals surface area contributed by atoms with Crippen molar-refractivity contribution in [1.82, 2.24) is 0 Å². The molecule has 0 aliphatic carbocycles. The number of esters is 2. The molecule has 0 aromatic heterocycles. The summed E-state index contributed by atoms with van der Waals surface area (Å²) in [6, 6.07) is 16.3. The molecular formula is C26H28O6. The molecule has 2 aromatic carbocycles. The molecule has 0 aliphatic rings. The number of hydrogen-bond acceptors (Lipinski definition) is 6. The van der Waals surface area contributed by atoms with E-state index in [1.807, 2.05) is 30.3 Å². The molecule has 2 rings (SSSR count). The molecular weight excluding hydrogens is 408 g/mol. The van der Waals surface area contributed by atoms with Gasteiger partial charge >= 0.3 is 11.9 Å². The summed E-state index contributed by atoms with van der Waals surface area (Å²) in [5.74, 6) is -1.13. The van der Waals surface area contributed by atoms with Crippen LogP contribution in [0.5, 0.6) is 5.75 Å². The number of aldehydes is 1. The molecule has 0 N–H and O–H groups in total. The number of allylic oxidation sites excluding steroid dienone is 1. The fourth-order valence-corrected chi connectivity index (χ4v) is 3.22. The van der Waals surface area contributed by atoms with Crippen molar-refractivity contribution < 1.29 is 28.6 Å². The molecule has 0 saturated carbocycles. The first-order valence-electron chi connectivity index (χ1n) is 10.4. The Labute approximate surface area is 188 Å². The topological polar surface area (TPSA) is 78.9 Å². The van der Waals surface area contributed by atoms with Gasteiger partial charge in [0.15, 0.2) is 11.7 Å². The van der Waals surface area contributed by atoms with Crippen molar-refractivity contribution in [3.05, 3.63) is 84.0 Å². The average Bonchev–Trinajstić information content (AvgIpc) is 2.81. The van der Waals surface area contributed by atoms with Crippen LogP contribution in [-0.2, 0) is 30.3 Å². The molecule has 32 heavy (non-hydrogen) atoms. The molecule has 2 aromatic rings. The third-order valence-corrected chi connectivity index (χ3v) is 4.81. The number of carbonyl (C=O) groups excluding carboxylic acids is 3. The number of carbonyl (C=O) groups is 3. The minimum absolute atomic E-state index is 0.0823. The normalized spacial score (nSPS) is 11.1. The van der Waals surface area contributed by atoms with E-state index in [4.69, 9.17) is 14.2 Å². The SMILES string of the molecule is C=C(/C=C/c1ccccc1)C(Cc1ccccc1OCC=O)(C(=O)OCC)C(=O)OCC. The van der Waals surface area contributed by atoms with E-state index in [0.717, 1.165) is 5.56 Å². The van der Waals surface area contributed by atoms with E-state index in [2.05, 4.69) is 6.58 Å². The largest absolute Gasteiger partial charge is 0.486 e. The van der Waals surface area contributed by atoms with Crippen LogP contribution in [0.3, 0.4) is 0 Å². The van der Waals surface area contributed by atoms with Gasteiger partial charge in [-0.25, -0.2) is 0 Å². The van der Waals surface area contributed by atoms with Crippen molar-refractivity contribution >= 4 is 24.3 Å². The van der Waals surface area contributed by atoms with Gasteiger partial charge in [-0.1, -0.05) is 67.3 Å². The fraction of sp³-hybridized carbons (Fsp3) is 0.269. The molecule has 0 unspecified atom stereocenters. The lowest BCUT2D eigenvalue weighted by atomic mass is 9.75. The maximum Gasteiger partial charge on any atom is 0.328 e. The minimum Gasteiger partial charge on any atom is -0.486 e. The Balaban J connectivity index is 2.57. The summed E-state index contributed by atoms with van der Waals surface area (Å²) in [6.07, 6.45) is 3.92. The molecule has 0 bridgehead atoms. The number of rotatable bonds is 12. The fourth-order valence-electron chi connectivity index (χ4n) is 3.22. The molecule has 0 saturated heterocycles. The van der Waals surface area contributed by atoms with Crippen LogP contribution in [0.1, 0.15) is 25.0 Å². The van der Waals surface area contributed by atoms with Crippen molar-refractivity contribution in [2.45, 2.75) is 20.3 Å². The van der Waals surface area contributed by atoms with Gasteiger partial charge in [-0.2, -0.15) is 0 Å². The standard InChI is InChI=1S/C26H28O6/c1-4-30-24(28)26(25(29)31-5-2,20(3)15-16-21-11-7-6-8-12-21)19-22-13-9-10-14-23(22)32-18-17-27/h6-17H,3-5,18-19H2,1-2H3/b16-15+. The average molecular weight is 437 g/mol. The van der Waals surface area contributed by atoms with E-state index in [1.54, 1.807) is 50.3 Å². The molecule has 0 atom stereocenters. The summed E-state index contributed by atoms with van der Waals surface area (Å²) in [5.41, 5.74) is -0.170. The Morgan fingerprint density at radius 3 is 2.12 bits per heavy atom. The highest BCUT2D eigenvalue weighted by molar-refractivity contribution is 6.04. The van der Waals surface area contributed by atoms with Crippen LogP contribution >= 0.6 is 0 Å². The van der Waals surface area contributed by atoms with Gasteiger partial charge < -0.3 is 14.2 Å². The summed E-state index contributed by atoms with van der Waals surface area (Å²) in [6.45, 7) is 7.39. The summed E-state index contributed by atoms with van der Waals surface area (Å²) in [4.78, 5) is 37.3. The van der Waals surface area contributed by atoms with Gasteiger partial charge in [-0.05, 0) is 36.6 Å². The van der Waals surface area contributed by atoms with Crippen molar-refractivity contribution in [1.29, 1.82) is 0 Å². The lowest BCUT2D eigenvalue weighted by Crippen LogP contribution is -2.45. The van der Waals surface area contributed by atoms with Crippen LogP contribution in [0.15, 0.2) is 72.8 Å². The third kappa shape index (κ3) is 5.94. The first-order chi connectivity index (χ1) is 15.5. The van der Waals surface area contributed by atoms with Crippen molar-refractivity contribution in [2.75, 3.05) is 19.8 Å². The Morgan fingerprint density at radius 2 is 1.53 bits per heavy atom. The van der Waals surface area contributed by atoms with Gasteiger partial charge in [0.25, 0.3) is 0 Å². The van der Waals surface area contributed by atoms with Crippen LogP contribution in [-0.4, -0.2) is 38.0 Å². The zero-order chi connectivity index (χ0) is 23.4. The van der Waals surface area contributed by atoms with Gasteiger partial charge in [0.1, 0.15) is 12.4 Å². The number of ether oxygens (including phenoxy) is 3. The predicted octanol–water partition coefficient (Wildman–Crippen LogP) is 4.19. The van der Waals surface area contributed by atoms with Crippen molar-refractivity contribution in [3.63, 3.8) is 0 Å². The van der Waals surface area contributed by atoms with Gasteiger partial charge in [0.05, 0.1) is 13.2 Å². The lowest BCUT2D eigenvalue weighted by molar-refractivity contribution is -0.168. The van der Waals surface area contributed by atoms with Gasteiger partial charge in [0.2, 0.25) is 0 Å². The summed E-state index contributed by atoms with van der Waals surface area (Å²) in [7, 11) is 0. The number of hydrogen-bond donors (Lipinski definition) is 0. The smallest absolute Gasteiger partial charge is 0.328 e. The molecule has 0 amide bonds. The van der Waals surface area contributed by atoms with E-state index >= 15 is 0 Å². The molecule has 0 aliphatic heterocycles. The third-order valence-electron chi connectivity index (χ3n) is 4.81. The lowest BCUT2D eigenvalue weighted by Gasteiger charge is -2.30. The monoisotopic (exact) mass is 436 g/mol. The number of benzene rings is 2. The van der Waals surface area contributed by atoms with Crippen LogP contribution in [0.2, 0.25) is 0 Å². The highest BCUT2D eigenvalue weighted by Gasteiger charge is 2.51. The van der Waals surface area contributed by atoms with Crippen LogP contribution < -0.4 is 4.74 Å². The molecule has 0 spiro atoms. The Hall–Kier alpha value is -3.67. The first-order valence-corrected chi connectivity index (χ1v) is 10.4. The van der Waals surface area contributed by atoms with E-state index in [9.17, 15) is 14.4 Å². The van der Waals surface area contributed by atoms with E-state index in [-0.39, 0.29) is 31.8 Å². The van der Waals surface area contributed by atoms with Crippen LogP contribution in [0.4, 0.5) is 0 Å². The zero-order valence-electron chi connectivity index (χ0n) is 18.4. The first kappa shape index (κ1) is 24.6.